The Kier molecular flexibility index (Phi) is 5.64. The number of amides is 1. The molecular formula is C19H21N5O2S. The molecule has 0 bridgehead atoms. The molecule has 0 atom stereocenters. The van der Waals surface area contributed by atoms with E-state index in [1.165, 1.54) is 23.7 Å². The van der Waals surface area contributed by atoms with Crippen LogP contribution in [0.4, 0.5) is 0 Å². The first-order valence-electron chi connectivity index (χ1n) is 9.00. The summed E-state index contributed by atoms with van der Waals surface area (Å²) in [6.45, 7) is 2.10. The minimum Gasteiger partial charge on any atom is -0.373 e. The molecule has 4 rings (SSSR count). The highest BCUT2D eigenvalue weighted by molar-refractivity contribution is 8.00. The largest absolute Gasteiger partial charge is 0.373 e. The number of ether oxygens (including phenoxy) is 1. The van der Waals surface area contributed by atoms with Crippen LogP contribution in [0.3, 0.4) is 0 Å². The molecule has 7 nitrogen and oxygen atoms in total. The number of aromatic nitrogens is 4. The molecule has 1 saturated heterocycles. The van der Waals surface area contributed by atoms with E-state index in [1.807, 2.05) is 23.1 Å². The van der Waals surface area contributed by atoms with Gasteiger partial charge in [0, 0.05) is 13.1 Å². The van der Waals surface area contributed by atoms with Gasteiger partial charge in [0.2, 0.25) is 5.91 Å². The van der Waals surface area contributed by atoms with Gasteiger partial charge in [0.15, 0.2) is 5.65 Å². The molecule has 1 amide bonds. The molecule has 3 heterocycles. The topological polar surface area (TPSA) is 84.0 Å². The number of hydrogen-bond acceptors (Lipinski definition) is 6. The van der Waals surface area contributed by atoms with Crippen molar-refractivity contribution in [3.63, 3.8) is 0 Å². The molecule has 0 radical (unpaired) electrons. The summed E-state index contributed by atoms with van der Waals surface area (Å²) in [7, 11) is 0. The number of aromatic amines is 1. The average Bonchev–Trinajstić information content (AvgIpc) is 3.21. The Labute approximate surface area is 161 Å². The summed E-state index contributed by atoms with van der Waals surface area (Å²) in [6, 6.07) is 10.2. The molecule has 27 heavy (non-hydrogen) atoms. The smallest absolute Gasteiger partial charge is 0.232 e. The zero-order chi connectivity index (χ0) is 18.5. The van der Waals surface area contributed by atoms with E-state index >= 15 is 0 Å². The van der Waals surface area contributed by atoms with Crippen LogP contribution in [0.25, 0.3) is 11.2 Å². The van der Waals surface area contributed by atoms with E-state index in [2.05, 4.69) is 32.1 Å². The van der Waals surface area contributed by atoms with Gasteiger partial charge in [-0.1, -0.05) is 42.1 Å². The highest BCUT2D eigenvalue weighted by Crippen LogP contribution is 2.23. The summed E-state index contributed by atoms with van der Waals surface area (Å²) >= 11 is 1.42. The number of likely N-dealkylation sites (tertiary alicyclic amines) is 1. The highest BCUT2D eigenvalue weighted by atomic mass is 32.2. The first-order chi connectivity index (χ1) is 13.3. The van der Waals surface area contributed by atoms with Crippen LogP contribution in [-0.4, -0.2) is 55.7 Å². The van der Waals surface area contributed by atoms with E-state index < -0.39 is 0 Å². The summed E-state index contributed by atoms with van der Waals surface area (Å²) in [5, 5.41) is 0.756. The van der Waals surface area contributed by atoms with Crippen LogP contribution in [0.15, 0.2) is 48.0 Å². The molecule has 0 aliphatic carbocycles. The molecule has 2 aromatic heterocycles. The molecule has 1 aliphatic heterocycles. The van der Waals surface area contributed by atoms with Crippen molar-refractivity contribution < 1.29 is 9.53 Å². The third-order valence-corrected chi connectivity index (χ3v) is 5.62. The summed E-state index contributed by atoms with van der Waals surface area (Å²) < 4.78 is 5.99. The van der Waals surface area contributed by atoms with Crippen molar-refractivity contribution in [1.82, 2.24) is 24.8 Å². The van der Waals surface area contributed by atoms with Crippen LogP contribution in [0.1, 0.15) is 18.4 Å². The number of benzene rings is 1. The first-order valence-corrected chi connectivity index (χ1v) is 9.98. The van der Waals surface area contributed by atoms with Gasteiger partial charge in [-0.2, -0.15) is 0 Å². The zero-order valence-electron chi connectivity index (χ0n) is 14.9. The van der Waals surface area contributed by atoms with Crippen LogP contribution < -0.4 is 0 Å². The fourth-order valence-corrected chi connectivity index (χ4v) is 3.99. The van der Waals surface area contributed by atoms with Gasteiger partial charge in [-0.25, -0.2) is 15.0 Å². The second-order valence-electron chi connectivity index (χ2n) is 6.45. The van der Waals surface area contributed by atoms with Gasteiger partial charge in [-0.3, -0.25) is 4.79 Å². The molecule has 1 aromatic carbocycles. The number of rotatable bonds is 6. The van der Waals surface area contributed by atoms with Gasteiger partial charge >= 0.3 is 0 Å². The quantitative estimate of drug-likeness (QED) is 0.520. The van der Waals surface area contributed by atoms with E-state index in [4.69, 9.17) is 4.74 Å². The molecular weight excluding hydrogens is 362 g/mol. The van der Waals surface area contributed by atoms with Gasteiger partial charge in [0.05, 0.1) is 24.8 Å². The molecule has 1 aliphatic rings. The lowest BCUT2D eigenvalue weighted by Crippen LogP contribution is -2.41. The maximum atomic E-state index is 12.5. The van der Waals surface area contributed by atoms with Gasteiger partial charge in [-0.05, 0) is 18.4 Å². The van der Waals surface area contributed by atoms with Crippen LogP contribution >= 0.6 is 11.8 Å². The standard InChI is InChI=1S/C19H21N5O2S/c25-16(11-27-19-17-18(21-12-20-17)22-13-23-19)24-8-6-15(7-9-24)26-10-14-4-2-1-3-5-14/h1-5,12-13,15H,6-11H2,(H,20,21,22,23). The van der Waals surface area contributed by atoms with Crippen LogP contribution in [0, 0.1) is 0 Å². The Hall–Kier alpha value is -2.45. The summed E-state index contributed by atoms with van der Waals surface area (Å²) in [5.74, 6) is 0.494. The van der Waals surface area contributed by atoms with Crippen molar-refractivity contribution in [3.05, 3.63) is 48.5 Å². The molecule has 1 N–H and O–H groups in total. The number of piperidine rings is 1. The molecule has 0 saturated carbocycles. The van der Waals surface area contributed by atoms with Crippen LogP contribution in [-0.2, 0) is 16.1 Å². The van der Waals surface area contributed by atoms with Crippen molar-refractivity contribution in [1.29, 1.82) is 0 Å². The van der Waals surface area contributed by atoms with Crippen molar-refractivity contribution in [3.8, 4) is 0 Å². The molecule has 8 heteroatoms. The Morgan fingerprint density at radius 1 is 1.19 bits per heavy atom. The fraction of sp³-hybridized carbons (Fsp3) is 0.368. The Morgan fingerprint density at radius 2 is 2.00 bits per heavy atom. The summed E-state index contributed by atoms with van der Waals surface area (Å²) in [6.07, 6.45) is 5.04. The molecule has 140 valence electrons. The minimum absolute atomic E-state index is 0.132. The Bertz CT molecular complexity index is 893. The maximum absolute atomic E-state index is 12.5. The van der Waals surface area contributed by atoms with Crippen LogP contribution in [0.5, 0.6) is 0 Å². The summed E-state index contributed by atoms with van der Waals surface area (Å²) in [4.78, 5) is 29.9. The average molecular weight is 383 g/mol. The Balaban J connectivity index is 1.23. The van der Waals surface area contributed by atoms with Gasteiger partial charge in [0.1, 0.15) is 16.9 Å². The lowest BCUT2D eigenvalue weighted by molar-refractivity contribution is -0.131. The predicted molar refractivity (Wildman–Crippen MR) is 103 cm³/mol. The maximum Gasteiger partial charge on any atom is 0.232 e. The van der Waals surface area contributed by atoms with E-state index in [0.29, 0.717) is 18.0 Å². The van der Waals surface area contributed by atoms with Crippen molar-refractivity contribution in [2.75, 3.05) is 18.8 Å². The van der Waals surface area contributed by atoms with Gasteiger partial charge in [0.25, 0.3) is 0 Å². The van der Waals surface area contributed by atoms with E-state index in [0.717, 1.165) is 36.5 Å². The number of imidazole rings is 1. The Morgan fingerprint density at radius 3 is 2.81 bits per heavy atom. The van der Waals surface area contributed by atoms with Crippen molar-refractivity contribution in [2.24, 2.45) is 0 Å². The lowest BCUT2D eigenvalue weighted by atomic mass is 10.1. The number of thioether (sulfide) groups is 1. The molecule has 3 aromatic rings. The molecule has 0 spiro atoms. The SMILES string of the molecule is O=C(CSc1ncnc2nc[nH]c12)N1CCC(OCc2ccccc2)CC1. The second kappa shape index (κ2) is 8.49. The molecule has 0 unspecified atom stereocenters. The third kappa shape index (κ3) is 4.45. The minimum atomic E-state index is 0.132. The second-order valence-corrected chi connectivity index (χ2v) is 7.41. The van der Waals surface area contributed by atoms with Crippen molar-refractivity contribution >= 4 is 28.8 Å². The van der Waals surface area contributed by atoms with Crippen molar-refractivity contribution in [2.45, 2.75) is 30.6 Å². The van der Waals surface area contributed by atoms with Crippen LogP contribution in [0.2, 0.25) is 0 Å². The fourth-order valence-electron chi connectivity index (χ4n) is 3.13. The number of carbonyl (C=O) groups excluding carboxylic acids is 1. The first kappa shape index (κ1) is 17.9. The van der Waals surface area contributed by atoms with E-state index in [9.17, 15) is 4.79 Å². The van der Waals surface area contributed by atoms with Gasteiger partial charge < -0.3 is 14.6 Å². The van der Waals surface area contributed by atoms with Gasteiger partial charge in [-0.15, -0.1) is 0 Å². The summed E-state index contributed by atoms with van der Waals surface area (Å²) in [5.41, 5.74) is 2.59. The monoisotopic (exact) mass is 383 g/mol. The predicted octanol–water partition coefficient (Wildman–Crippen LogP) is 2.65. The normalized spacial score (nSPS) is 15.3. The molecule has 1 fully saturated rings. The number of hydrogen-bond donors (Lipinski definition) is 1. The lowest BCUT2D eigenvalue weighted by Gasteiger charge is -2.32. The number of nitrogens with one attached hydrogen (secondary N) is 1. The number of H-pyrrole nitrogens is 1. The number of fused-ring (bicyclic) bond motifs is 1. The third-order valence-electron chi connectivity index (χ3n) is 4.64. The van der Waals surface area contributed by atoms with E-state index in [1.54, 1.807) is 6.33 Å². The number of carbonyl (C=O) groups is 1. The highest BCUT2D eigenvalue weighted by Gasteiger charge is 2.23. The zero-order valence-corrected chi connectivity index (χ0v) is 15.7. The van der Waals surface area contributed by atoms with E-state index in [-0.39, 0.29) is 12.0 Å². The number of nitrogens with zero attached hydrogens (tertiary/aromatic N) is 4.